The summed E-state index contributed by atoms with van der Waals surface area (Å²) in [5.74, 6) is 0.310. The van der Waals surface area contributed by atoms with Crippen LogP contribution in [-0.2, 0) is 20.9 Å². The highest BCUT2D eigenvalue weighted by Crippen LogP contribution is 2.15. The SMILES string of the molecule is CC(C)(C)OC(=O)NCCC(=O)NCc1ccccc1NC(=O)CCOc1ccccc1. The molecular weight excluding hydrogens is 410 g/mol. The van der Waals surface area contributed by atoms with E-state index in [0.29, 0.717) is 11.4 Å². The third-order valence-electron chi connectivity index (χ3n) is 4.13. The van der Waals surface area contributed by atoms with Crippen molar-refractivity contribution < 1.29 is 23.9 Å². The van der Waals surface area contributed by atoms with Crippen molar-refractivity contribution in [3.63, 3.8) is 0 Å². The Labute approximate surface area is 188 Å². The molecule has 8 nitrogen and oxygen atoms in total. The molecule has 2 aromatic carbocycles. The molecule has 0 atom stereocenters. The molecule has 0 aromatic heterocycles. The van der Waals surface area contributed by atoms with Crippen LogP contribution < -0.4 is 20.7 Å². The number of hydrogen-bond donors (Lipinski definition) is 3. The largest absolute Gasteiger partial charge is 0.493 e. The van der Waals surface area contributed by atoms with E-state index in [0.717, 1.165) is 5.56 Å². The molecule has 0 heterocycles. The van der Waals surface area contributed by atoms with Gasteiger partial charge >= 0.3 is 6.09 Å². The summed E-state index contributed by atoms with van der Waals surface area (Å²) in [6.07, 6.45) is -0.245. The number of benzene rings is 2. The fourth-order valence-electron chi connectivity index (χ4n) is 2.66. The van der Waals surface area contributed by atoms with Crippen molar-refractivity contribution >= 4 is 23.6 Å². The predicted molar refractivity (Wildman–Crippen MR) is 122 cm³/mol. The van der Waals surface area contributed by atoms with Gasteiger partial charge in [-0.15, -0.1) is 0 Å². The maximum absolute atomic E-state index is 12.3. The smallest absolute Gasteiger partial charge is 0.407 e. The van der Waals surface area contributed by atoms with Gasteiger partial charge in [0.05, 0.1) is 13.0 Å². The Kier molecular flexibility index (Phi) is 9.53. The molecule has 0 aliphatic rings. The number of carbonyl (C=O) groups is 3. The van der Waals surface area contributed by atoms with Gasteiger partial charge in [0.2, 0.25) is 11.8 Å². The molecule has 0 fully saturated rings. The van der Waals surface area contributed by atoms with Gasteiger partial charge in [-0.3, -0.25) is 9.59 Å². The van der Waals surface area contributed by atoms with E-state index in [1.807, 2.05) is 48.5 Å². The van der Waals surface area contributed by atoms with Crippen LogP contribution in [0.1, 0.15) is 39.2 Å². The number of anilines is 1. The number of para-hydroxylation sites is 2. The summed E-state index contributed by atoms with van der Waals surface area (Å²) in [6.45, 7) is 5.99. The van der Waals surface area contributed by atoms with Gasteiger partial charge in [-0.2, -0.15) is 0 Å². The lowest BCUT2D eigenvalue weighted by molar-refractivity contribution is -0.121. The number of rotatable bonds is 10. The Morgan fingerprint density at radius 3 is 2.25 bits per heavy atom. The maximum atomic E-state index is 12.3. The number of ether oxygens (including phenoxy) is 2. The van der Waals surface area contributed by atoms with Crippen LogP contribution >= 0.6 is 0 Å². The van der Waals surface area contributed by atoms with Crippen LogP contribution in [0.15, 0.2) is 54.6 Å². The molecular formula is C24H31N3O5. The summed E-state index contributed by atoms with van der Waals surface area (Å²) in [5.41, 5.74) is 0.816. The molecule has 3 amide bonds. The van der Waals surface area contributed by atoms with Gasteiger partial charge in [0, 0.05) is 25.2 Å². The minimum atomic E-state index is -0.589. The second kappa shape index (κ2) is 12.3. The van der Waals surface area contributed by atoms with E-state index in [-0.39, 0.29) is 44.4 Å². The average Bonchev–Trinajstić information content (AvgIpc) is 2.72. The van der Waals surface area contributed by atoms with Crippen LogP contribution in [-0.4, -0.2) is 36.7 Å². The lowest BCUT2D eigenvalue weighted by Crippen LogP contribution is -2.35. The summed E-state index contributed by atoms with van der Waals surface area (Å²) in [6, 6.07) is 16.6. The first-order valence-corrected chi connectivity index (χ1v) is 10.5. The fraction of sp³-hybridized carbons (Fsp3) is 0.375. The van der Waals surface area contributed by atoms with Gasteiger partial charge in [-0.05, 0) is 44.5 Å². The zero-order valence-corrected chi connectivity index (χ0v) is 18.8. The van der Waals surface area contributed by atoms with Crippen LogP contribution in [0, 0.1) is 0 Å². The number of alkyl carbamates (subject to hydrolysis) is 1. The Morgan fingerprint density at radius 1 is 0.844 bits per heavy atom. The van der Waals surface area contributed by atoms with Gasteiger partial charge in [-0.1, -0.05) is 36.4 Å². The molecule has 0 spiro atoms. The zero-order chi connectivity index (χ0) is 23.4. The monoisotopic (exact) mass is 441 g/mol. The molecule has 0 saturated heterocycles. The third kappa shape index (κ3) is 9.97. The third-order valence-corrected chi connectivity index (χ3v) is 4.13. The van der Waals surface area contributed by atoms with Crippen LogP contribution in [0.3, 0.4) is 0 Å². The van der Waals surface area contributed by atoms with Crippen LogP contribution in [0.25, 0.3) is 0 Å². The van der Waals surface area contributed by atoms with Gasteiger partial charge < -0.3 is 25.4 Å². The number of amides is 3. The first-order chi connectivity index (χ1) is 15.2. The predicted octanol–water partition coefficient (Wildman–Crippen LogP) is 3.63. The summed E-state index contributed by atoms with van der Waals surface area (Å²) in [5, 5.41) is 8.20. The minimum Gasteiger partial charge on any atom is -0.493 e. The van der Waals surface area contributed by atoms with Crippen molar-refractivity contribution in [2.24, 2.45) is 0 Å². The Hall–Kier alpha value is -3.55. The minimum absolute atomic E-state index is 0.116. The Bertz CT molecular complexity index is 894. The number of nitrogens with one attached hydrogen (secondary N) is 3. The van der Waals surface area contributed by atoms with E-state index in [2.05, 4.69) is 16.0 Å². The molecule has 32 heavy (non-hydrogen) atoms. The second-order valence-corrected chi connectivity index (χ2v) is 8.07. The van der Waals surface area contributed by atoms with Gasteiger partial charge in [-0.25, -0.2) is 4.79 Å². The van der Waals surface area contributed by atoms with Crippen molar-refractivity contribution in [1.29, 1.82) is 0 Å². The summed E-state index contributed by atoms with van der Waals surface area (Å²) in [4.78, 5) is 36.0. The van der Waals surface area contributed by atoms with Crippen LogP contribution in [0.5, 0.6) is 5.75 Å². The summed E-state index contributed by atoms with van der Waals surface area (Å²) >= 11 is 0. The zero-order valence-electron chi connectivity index (χ0n) is 18.8. The molecule has 172 valence electrons. The molecule has 3 N–H and O–H groups in total. The van der Waals surface area contributed by atoms with Gasteiger partial charge in [0.1, 0.15) is 11.4 Å². The van der Waals surface area contributed by atoms with E-state index in [9.17, 15) is 14.4 Å². The Balaban J connectivity index is 1.73. The quantitative estimate of drug-likeness (QED) is 0.522. The maximum Gasteiger partial charge on any atom is 0.407 e. The molecule has 0 unspecified atom stereocenters. The first kappa shape index (κ1) is 24.7. The summed E-state index contributed by atoms with van der Waals surface area (Å²) < 4.78 is 10.7. The molecule has 0 radical (unpaired) electrons. The van der Waals surface area contributed by atoms with Crippen molar-refractivity contribution in [2.75, 3.05) is 18.5 Å². The van der Waals surface area contributed by atoms with Gasteiger partial charge in [0.15, 0.2) is 0 Å². The normalized spacial score (nSPS) is 10.7. The lowest BCUT2D eigenvalue weighted by Gasteiger charge is -2.19. The second-order valence-electron chi connectivity index (χ2n) is 8.07. The summed E-state index contributed by atoms with van der Waals surface area (Å²) in [7, 11) is 0. The molecule has 8 heteroatoms. The molecule has 2 aromatic rings. The van der Waals surface area contributed by atoms with E-state index in [1.54, 1.807) is 26.8 Å². The van der Waals surface area contributed by atoms with E-state index < -0.39 is 11.7 Å². The Morgan fingerprint density at radius 2 is 1.53 bits per heavy atom. The van der Waals surface area contributed by atoms with E-state index >= 15 is 0 Å². The number of carbonyl (C=O) groups excluding carboxylic acids is 3. The molecule has 0 bridgehead atoms. The topological polar surface area (TPSA) is 106 Å². The van der Waals surface area contributed by atoms with Crippen molar-refractivity contribution in [3.8, 4) is 5.75 Å². The number of hydrogen-bond acceptors (Lipinski definition) is 5. The molecule has 0 saturated carbocycles. The van der Waals surface area contributed by atoms with E-state index in [4.69, 9.17) is 9.47 Å². The van der Waals surface area contributed by atoms with Crippen LogP contribution in [0.4, 0.5) is 10.5 Å². The molecule has 2 rings (SSSR count). The van der Waals surface area contributed by atoms with Crippen molar-refractivity contribution in [2.45, 2.75) is 45.8 Å². The highest BCUT2D eigenvalue weighted by Gasteiger charge is 2.16. The first-order valence-electron chi connectivity index (χ1n) is 10.5. The van der Waals surface area contributed by atoms with Crippen molar-refractivity contribution in [3.05, 3.63) is 60.2 Å². The van der Waals surface area contributed by atoms with E-state index in [1.165, 1.54) is 0 Å². The highest BCUT2D eigenvalue weighted by molar-refractivity contribution is 5.91. The van der Waals surface area contributed by atoms with Gasteiger partial charge in [0.25, 0.3) is 0 Å². The standard InChI is InChI=1S/C24H31N3O5/c1-24(2,3)32-23(30)25-15-13-21(28)26-17-18-9-7-8-12-20(18)27-22(29)14-16-31-19-10-5-4-6-11-19/h4-12H,13-17H2,1-3H3,(H,25,30)(H,26,28)(H,27,29). The molecule has 0 aliphatic carbocycles. The van der Waals surface area contributed by atoms with Crippen molar-refractivity contribution in [1.82, 2.24) is 10.6 Å². The highest BCUT2D eigenvalue weighted by atomic mass is 16.6. The fourth-order valence-corrected chi connectivity index (χ4v) is 2.66. The van der Waals surface area contributed by atoms with Crippen LogP contribution in [0.2, 0.25) is 0 Å². The molecule has 0 aliphatic heterocycles. The lowest BCUT2D eigenvalue weighted by atomic mass is 10.1. The average molecular weight is 442 g/mol.